The van der Waals surface area contributed by atoms with E-state index < -0.39 is 11.7 Å². The SMILES string of the molecule is O=C1CC(Oc2ccc(Oc3ccc(C(F)(F)F)cc3)cc2)CO1. The van der Waals surface area contributed by atoms with Crippen LogP contribution in [0, 0.1) is 0 Å². The van der Waals surface area contributed by atoms with E-state index in [0.717, 1.165) is 12.1 Å². The monoisotopic (exact) mass is 338 g/mol. The summed E-state index contributed by atoms with van der Waals surface area (Å²) < 4.78 is 53.4. The molecule has 0 aromatic heterocycles. The molecule has 2 aromatic carbocycles. The Morgan fingerprint density at radius 3 is 1.96 bits per heavy atom. The Labute approximate surface area is 135 Å². The number of halogens is 3. The van der Waals surface area contributed by atoms with Gasteiger partial charge in [0.05, 0.1) is 12.0 Å². The predicted molar refractivity (Wildman–Crippen MR) is 78.0 cm³/mol. The number of hydrogen-bond donors (Lipinski definition) is 0. The minimum absolute atomic E-state index is 0.212. The van der Waals surface area contributed by atoms with Gasteiger partial charge < -0.3 is 14.2 Å². The molecule has 1 saturated heterocycles. The minimum atomic E-state index is -4.37. The topological polar surface area (TPSA) is 44.8 Å². The largest absolute Gasteiger partial charge is 0.486 e. The van der Waals surface area contributed by atoms with Gasteiger partial charge >= 0.3 is 12.1 Å². The summed E-state index contributed by atoms with van der Waals surface area (Å²) in [5.74, 6) is 1.02. The Morgan fingerprint density at radius 1 is 0.917 bits per heavy atom. The molecule has 0 aliphatic carbocycles. The zero-order chi connectivity index (χ0) is 17.2. The van der Waals surface area contributed by atoms with Crippen LogP contribution in [0.15, 0.2) is 48.5 Å². The number of benzene rings is 2. The zero-order valence-electron chi connectivity index (χ0n) is 12.4. The number of esters is 1. The lowest BCUT2D eigenvalue weighted by Crippen LogP contribution is -2.15. The first-order valence-corrected chi connectivity index (χ1v) is 7.17. The number of carbonyl (C=O) groups is 1. The summed E-state index contributed by atoms with van der Waals surface area (Å²) in [4.78, 5) is 11.0. The van der Waals surface area contributed by atoms with Crippen LogP contribution in [-0.2, 0) is 15.7 Å². The minimum Gasteiger partial charge on any atom is -0.486 e. The summed E-state index contributed by atoms with van der Waals surface area (Å²) in [6.45, 7) is 0.225. The van der Waals surface area contributed by atoms with E-state index in [-0.39, 0.29) is 25.1 Å². The Bertz CT molecular complexity index is 708. The van der Waals surface area contributed by atoms with E-state index in [2.05, 4.69) is 0 Å². The molecular weight excluding hydrogens is 325 g/mol. The summed E-state index contributed by atoms with van der Waals surface area (Å²) in [6.07, 6.45) is -4.47. The maximum absolute atomic E-state index is 12.5. The van der Waals surface area contributed by atoms with Gasteiger partial charge in [0.25, 0.3) is 0 Å². The standard InChI is InChI=1S/C17H13F3O4/c18-17(19,20)11-1-3-12(4-2-11)23-13-5-7-14(8-6-13)24-15-9-16(21)22-10-15/h1-8,15H,9-10H2. The second kappa shape index (κ2) is 6.43. The Morgan fingerprint density at radius 2 is 1.46 bits per heavy atom. The van der Waals surface area contributed by atoms with Crippen molar-refractivity contribution in [3.8, 4) is 17.2 Å². The molecule has 1 unspecified atom stereocenters. The second-order valence-electron chi connectivity index (χ2n) is 5.22. The number of rotatable bonds is 4. The number of hydrogen-bond acceptors (Lipinski definition) is 4. The molecule has 3 rings (SSSR count). The van der Waals surface area contributed by atoms with Gasteiger partial charge in [0.2, 0.25) is 0 Å². The van der Waals surface area contributed by atoms with Crippen molar-refractivity contribution in [2.45, 2.75) is 18.7 Å². The highest BCUT2D eigenvalue weighted by Crippen LogP contribution is 2.31. The number of cyclic esters (lactones) is 1. The lowest BCUT2D eigenvalue weighted by atomic mass is 10.2. The molecular formula is C17H13F3O4. The van der Waals surface area contributed by atoms with Crippen molar-refractivity contribution in [2.75, 3.05) is 6.61 Å². The maximum Gasteiger partial charge on any atom is 0.416 e. The van der Waals surface area contributed by atoms with Crippen LogP contribution in [0.25, 0.3) is 0 Å². The van der Waals surface area contributed by atoms with Gasteiger partial charge in [0.15, 0.2) is 0 Å². The van der Waals surface area contributed by atoms with Gasteiger partial charge in [-0.2, -0.15) is 13.2 Å². The van der Waals surface area contributed by atoms with Gasteiger partial charge in [-0.25, -0.2) is 0 Å². The first-order chi connectivity index (χ1) is 11.4. The average Bonchev–Trinajstić information content (AvgIpc) is 2.94. The smallest absolute Gasteiger partial charge is 0.416 e. The van der Waals surface area contributed by atoms with Gasteiger partial charge in [-0.1, -0.05) is 0 Å². The second-order valence-corrected chi connectivity index (χ2v) is 5.22. The highest BCUT2D eigenvalue weighted by Gasteiger charge is 2.30. The predicted octanol–water partition coefficient (Wildman–Crippen LogP) is 4.19. The molecule has 1 aliphatic heterocycles. The van der Waals surface area contributed by atoms with Gasteiger partial charge in [0, 0.05) is 0 Å². The lowest BCUT2D eigenvalue weighted by Gasteiger charge is -2.12. The lowest BCUT2D eigenvalue weighted by molar-refractivity contribution is -0.138. The molecule has 24 heavy (non-hydrogen) atoms. The van der Waals surface area contributed by atoms with Crippen LogP contribution in [0.2, 0.25) is 0 Å². The van der Waals surface area contributed by atoms with Crippen molar-refractivity contribution in [1.82, 2.24) is 0 Å². The van der Waals surface area contributed by atoms with Crippen molar-refractivity contribution in [1.29, 1.82) is 0 Å². The van der Waals surface area contributed by atoms with E-state index in [1.165, 1.54) is 12.1 Å². The van der Waals surface area contributed by atoms with E-state index >= 15 is 0 Å². The third-order valence-corrected chi connectivity index (χ3v) is 3.37. The quantitative estimate of drug-likeness (QED) is 0.784. The van der Waals surface area contributed by atoms with E-state index in [1.54, 1.807) is 24.3 Å². The Kier molecular flexibility index (Phi) is 4.33. The van der Waals surface area contributed by atoms with Crippen LogP contribution in [0.5, 0.6) is 17.2 Å². The number of carbonyl (C=O) groups excluding carboxylic acids is 1. The van der Waals surface area contributed by atoms with Crippen LogP contribution < -0.4 is 9.47 Å². The summed E-state index contributed by atoms with van der Waals surface area (Å²) in [6, 6.07) is 11.0. The number of alkyl halides is 3. The molecule has 1 atom stereocenters. The molecule has 1 heterocycles. The fraction of sp³-hybridized carbons (Fsp3) is 0.235. The summed E-state index contributed by atoms with van der Waals surface area (Å²) in [7, 11) is 0. The average molecular weight is 338 g/mol. The molecule has 0 bridgehead atoms. The molecule has 1 aliphatic rings. The van der Waals surface area contributed by atoms with Crippen molar-refractivity contribution < 1.29 is 32.2 Å². The first kappa shape index (κ1) is 16.2. The molecule has 4 nitrogen and oxygen atoms in total. The fourth-order valence-corrected chi connectivity index (χ4v) is 2.19. The van der Waals surface area contributed by atoms with Gasteiger partial charge in [-0.05, 0) is 48.5 Å². The fourth-order valence-electron chi connectivity index (χ4n) is 2.19. The van der Waals surface area contributed by atoms with Crippen LogP contribution >= 0.6 is 0 Å². The summed E-state index contributed by atoms with van der Waals surface area (Å²) in [5.41, 5.74) is -0.730. The van der Waals surface area contributed by atoms with Crippen molar-refractivity contribution in [3.05, 3.63) is 54.1 Å². The normalized spacial score (nSPS) is 17.5. The van der Waals surface area contributed by atoms with E-state index in [0.29, 0.717) is 17.2 Å². The highest BCUT2D eigenvalue weighted by atomic mass is 19.4. The Hall–Kier alpha value is -2.70. The summed E-state index contributed by atoms with van der Waals surface area (Å²) in [5, 5.41) is 0. The highest BCUT2D eigenvalue weighted by molar-refractivity contribution is 5.72. The maximum atomic E-state index is 12.5. The molecule has 7 heteroatoms. The first-order valence-electron chi connectivity index (χ1n) is 7.17. The molecule has 0 N–H and O–H groups in total. The molecule has 0 radical (unpaired) electrons. The van der Waals surface area contributed by atoms with E-state index in [1.807, 2.05) is 0 Å². The van der Waals surface area contributed by atoms with Crippen LogP contribution in [-0.4, -0.2) is 18.7 Å². The third kappa shape index (κ3) is 3.98. The number of ether oxygens (including phenoxy) is 3. The molecule has 0 saturated carbocycles. The van der Waals surface area contributed by atoms with Crippen LogP contribution in [0.1, 0.15) is 12.0 Å². The summed E-state index contributed by atoms with van der Waals surface area (Å²) >= 11 is 0. The van der Waals surface area contributed by atoms with E-state index in [9.17, 15) is 18.0 Å². The van der Waals surface area contributed by atoms with E-state index in [4.69, 9.17) is 14.2 Å². The van der Waals surface area contributed by atoms with Gasteiger partial charge in [-0.15, -0.1) is 0 Å². The molecule has 126 valence electrons. The molecule has 1 fully saturated rings. The molecule has 0 amide bonds. The van der Waals surface area contributed by atoms with Crippen LogP contribution in [0.4, 0.5) is 13.2 Å². The third-order valence-electron chi connectivity index (χ3n) is 3.37. The zero-order valence-corrected chi connectivity index (χ0v) is 12.4. The Balaban J connectivity index is 1.60. The van der Waals surface area contributed by atoms with Crippen LogP contribution in [0.3, 0.4) is 0 Å². The van der Waals surface area contributed by atoms with Crippen molar-refractivity contribution in [2.24, 2.45) is 0 Å². The van der Waals surface area contributed by atoms with Gasteiger partial charge in [-0.3, -0.25) is 4.79 Å². The molecule has 2 aromatic rings. The van der Waals surface area contributed by atoms with Crippen molar-refractivity contribution >= 4 is 5.97 Å². The molecule has 0 spiro atoms. The van der Waals surface area contributed by atoms with Gasteiger partial charge in [0.1, 0.15) is 30.0 Å². The van der Waals surface area contributed by atoms with Crippen molar-refractivity contribution in [3.63, 3.8) is 0 Å².